The van der Waals surface area contributed by atoms with E-state index in [1.54, 1.807) is 13.8 Å². The van der Waals surface area contributed by atoms with Crippen LogP contribution in [0.2, 0.25) is 0 Å². The van der Waals surface area contributed by atoms with Gasteiger partial charge in [-0.05, 0) is 12.8 Å². The summed E-state index contributed by atoms with van der Waals surface area (Å²) in [5.74, 6) is -12.3. The molecule has 0 bridgehead atoms. The highest BCUT2D eigenvalue weighted by Gasteiger charge is 2.56. The van der Waals surface area contributed by atoms with Crippen LogP contribution in [0.15, 0.2) is 0 Å². The average Bonchev–Trinajstić information content (AvgIpc) is 2.67. The van der Waals surface area contributed by atoms with Gasteiger partial charge < -0.3 is 10.1 Å². The summed E-state index contributed by atoms with van der Waals surface area (Å²) >= 11 is 0. The van der Waals surface area contributed by atoms with Crippen molar-refractivity contribution in [2.75, 3.05) is 7.05 Å². The normalized spacial score (nSPS) is 25.8. The van der Waals surface area contributed by atoms with Gasteiger partial charge in [-0.15, -0.1) is 5.06 Å². The van der Waals surface area contributed by atoms with E-state index in [0.29, 0.717) is 5.06 Å². The standard InChI is InChI=1S/C14H15F5N2O2/c1-5(2)14(3)20(4)13(22)12(21(14)23)6-7(15)9(17)11(19)10(18)8(6)16/h5,12,23H,1-4H3/t12-,14-/m1/s1. The number of nitrogens with zero attached hydrogens (tertiary/aromatic N) is 2. The largest absolute Gasteiger partial charge is 0.323 e. The molecule has 0 unspecified atom stereocenters. The Labute approximate surface area is 129 Å². The summed E-state index contributed by atoms with van der Waals surface area (Å²) in [5.41, 5.74) is -2.74. The van der Waals surface area contributed by atoms with Crippen LogP contribution in [-0.2, 0) is 4.79 Å². The minimum atomic E-state index is -2.32. The Morgan fingerprint density at radius 1 is 1.00 bits per heavy atom. The molecule has 1 fully saturated rings. The maximum atomic E-state index is 14.0. The topological polar surface area (TPSA) is 43.8 Å². The molecule has 2 atom stereocenters. The quantitative estimate of drug-likeness (QED) is 0.512. The Kier molecular flexibility index (Phi) is 4.15. The third-order valence-electron chi connectivity index (χ3n) is 4.56. The van der Waals surface area contributed by atoms with Gasteiger partial charge in [-0.3, -0.25) is 4.79 Å². The lowest BCUT2D eigenvalue weighted by Crippen LogP contribution is -2.53. The van der Waals surface area contributed by atoms with Crippen LogP contribution < -0.4 is 0 Å². The molecule has 1 amide bonds. The van der Waals surface area contributed by atoms with Crippen LogP contribution in [-0.4, -0.2) is 33.8 Å². The number of amides is 1. The first kappa shape index (κ1) is 17.6. The van der Waals surface area contributed by atoms with Crippen molar-refractivity contribution in [3.63, 3.8) is 0 Å². The van der Waals surface area contributed by atoms with Gasteiger partial charge in [0.05, 0.1) is 5.56 Å². The van der Waals surface area contributed by atoms with Crippen LogP contribution in [0.5, 0.6) is 0 Å². The first-order valence-electron chi connectivity index (χ1n) is 6.75. The minimum Gasteiger partial charge on any atom is -0.323 e. The number of hydroxylamine groups is 2. The zero-order chi connectivity index (χ0) is 17.9. The van der Waals surface area contributed by atoms with E-state index in [9.17, 15) is 32.0 Å². The van der Waals surface area contributed by atoms with Crippen molar-refractivity contribution in [1.29, 1.82) is 0 Å². The second-order valence-electron chi connectivity index (χ2n) is 5.88. The van der Waals surface area contributed by atoms with E-state index in [1.807, 2.05) is 0 Å². The summed E-state index contributed by atoms with van der Waals surface area (Å²) in [6.45, 7) is 4.68. The van der Waals surface area contributed by atoms with E-state index in [4.69, 9.17) is 0 Å². The molecule has 4 nitrogen and oxygen atoms in total. The van der Waals surface area contributed by atoms with Crippen LogP contribution in [0.1, 0.15) is 32.4 Å². The van der Waals surface area contributed by atoms with Crippen LogP contribution in [0, 0.1) is 35.0 Å². The van der Waals surface area contributed by atoms with E-state index < -0.39 is 58.2 Å². The molecule has 1 aliphatic rings. The predicted octanol–water partition coefficient (Wildman–Crippen LogP) is 2.96. The molecule has 1 N–H and O–H groups in total. The predicted molar refractivity (Wildman–Crippen MR) is 68.6 cm³/mol. The molecule has 0 aliphatic carbocycles. The molecule has 1 heterocycles. The van der Waals surface area contributed by atoms with Crippen molar-refractivity contribution in [1.82, 2.24) is 9.96 Å². The second-order valence-corrected chi connectivity index (χ2v) is 5.88. The first-order chi connectivity index (χ1) is 10.5. The molecule has 2 rings (SSSR count). The van der Waals surface area contributed by atoms with E-state index in [0.717, 1.165) is 4.90 Å². The molecule has 1 aliphatic heterocycles. The van der Waals surface area contributed by atoms with Crippen LogP contribution >= 0.6 is 0 Å². The lowest BCUT2D eigenvalue weighted by Gasteiger charge is -2.39. The van der Waals surface area contributed by atoms with Gasteiger partial charge in [0.1, 0.15) is 11.7 Å². The molecule has 9 heteroatoms. The van der Waals surface area contributed by atoms with Crippen molar-refractivity contribution in [3.05, 3.63) is 34.6 Å². The maximum Gasteiger partial charge on any atom is 0.248 e. The van der Waals surface area contributed by atoms with Crippen molar-refractivity contribution in [3.8, 4) is 0 Å². The molecule has 1 aromatic carbocycles. The third kappa shape index (κ3) is 2.13. The number of carbonyl (C=O) groups excluding carboxylic acids is 1. The summed E-state index contributed by atoms with van der Waals surface area (Å²) in [4.78, 5) is 13.3. The van der Waals surface area contributed by atoms with Crippen LogP contribution in [0.4, 0.5) is 22.0 Å². The fourth-order valence-corrected chi connectivity index (χ4v) is 2.69. The molecular formula is C14H15F5N2O2. The lowest BCUT2D eigenvalue weighted by molar-refractivity contribution is -0.211. The van der Waals surface area contributed by atoms with E-state index in [-0.39, 0.29) is 0 Å². The molecule has 0 aromatic heterocycles. The van der Waals surface area contributed by atoms with E-state index in [2.05, 4.69) is 0 Å². The molecule has 0 saturated carbocycles. The highest BCUT2D eigenvalue weighted by atomic mass is 19.2. The maximum absolute atomic E-state index is 14.0. The molecule has 0 radical (unpaired) electrons. The molecule has 1 aromatic rings. The summed E-state index contributed by atoms with van der Waals surface area (Å²) in [6.07, 6.45) is 0. The lowest BCUT2D eigenvalue weighted by atomic mass is 9.97. The highest BCUT2D eigenvalue weighted by Crippen LogP contribution is 2.44. The van der Waals surface area contributed by atoms with Gasteiger partial charge in [0.25, 0.3) is 0 Å². The second kappa shape index (κ2) is 5.41. The molecule has 23 heavy (non-hydrogen) atoms. The smallest absolute Gasteiger partial charge is 0.248 e. The van der Waals surface area contributed by atoms with Crippen LogP contribution in [0.3, 0.4) is 0 Å². The fourth-order valence-electron chi connectivity index (χ4n) is 2.69. The Morgan fingerprint density at radius 3 is 1.74 bits per heavy atom. The first-order valence-corrected chi connectivity index (χ1v) is 6.75. The zero-order valence-electron chi connectivity index (χ0n) is 12.8. The summed E-state index contributed by atoms with van der Waals surface area (Å²) in [6, 6.07) is -2.03. The molecule has 128 valence electrons. The Morgan fingerprint density at radius 2 is 1.39 bits per heavy atom. The number of rotatable bonds is 2. The van der Waals surface area contributed by atoms with Gasteiger partial charge in [0.15, 0.2) is 23.3 Å². The summed E-state index contributed by atoms with van der Waals surface area (Å²) in [5, 5.41) is 10.6. The Hall–Kier alpha value is -1.74. The van der Waals surface area contributed by atoms with Crippen molar-refractivity contribution < 1.29 is 32.0 Å². The number of likely N-dealkylation sites (N-methyl/N-ethyl adjacent to an activating group) is 1. The van der Waals surface area contributed by atoms with Gasteiger partial charge in [-0.1, -0.05) is 13.8 Å². The van der Waals surface area contributed by atoms with Crippen molar-refractivity contribution in [2.45, 2.75) is 32.5 Å². The van der Waals surface area contributed by atoms with Gasteiger partial charge >= 0.3 is 0 Å². The third-order valence-corrected chi connectivity index (χ3v) is 4.56. The average molecular weight is 338 g/mol. The highest BCUT2D eigenvalue weighted by molar-refractivity contribution is 5.86. The zero-order valence-corrected chi connectivity index (χ0v) is 12.8. The SMILES string of the molecule is CC(C)[C@]1(C)N(C)C(=O)[C@@H](c2c(F)c(F)c(F)c(F)c2F)N1O. The number of hydrogen-bond donors (Lipinski definition) is 1. The summed E-state index contributed by atoms with van der Waals surface area (Å²) in [7, 11) is 1.28. The summed E-state index contributed by atoms with van der Waals surface area (Å²) < 4.78 is 67.8. The molecule has 0 spiro atoms. The molecular weight excluding hydrogens is 323 g/mol. The molecule has 1 saturated heterocycles. The van der Waals surface area contributed by atoms with E-state index in [1.165, 1.54) is 14.0 Å². The van der Waals surface area contributed by atoms with E-state index >= 15 is 0 Å². The fraction of sp³-hybridized carbons (Fsp3) is 0.500. The van der Waals surface area contributed by atoms with Crippen molar-refractivity contribution in [2.24, 2.45) is 5.92 Å². The Balaban J connectivity index is 2.71. The van der Waals surface area contributed by atoms with Crippen LogP contribution in [0.25, 0.3) is 0 Å². The van der Waals surface area contributed by atoms with Gasteiger partial charge in [-0.2, -0.15) is 0 Å². The van der Waals surface area contributed by atoms with Gasteiger partial charge in [0.2, 0.25) is 11.7 Å². The number of carbonyl (C=O) groups is 1. The van der Waals surface area contributed by atoms with Crippen molar-refractivity contribution >= 4 is 5.91 Å². The number of hydrogen-bond acceptors (Lipinski definition) is 3. The monoisotopic (exact) mass is 338 g/mol. The number of halogens is 5. The minimum absolute atomic E-state index is 0.332. The van der Waals surface area contributed by atoms with Gasteiger partial charge in [0, 0.05) is 7.05 Å². The van der Waals surface area contributed by atoms with Gasteiger partial charge in [-0.25, -0.2) is 22.0 Å². The Bertz CT molecular complexity index is 653. The number of benzene rings is 1.